The zero-order valence-corrected chi connectivity index (χ0v) is 13.4. The highest BCUT2D eigenvalue weighted by Crippen LogP contribution is 2.23. The fourth-order valence-electron chi connectivity index (χ4n) is 1.77. The first-order valence-corrected chi connectivity index (χ1v) is 7.03. The fraction of sp³-hybridized carbons (Fsp3) is 0.286. The van der Waals surface area contributed by atoms with Crippen LogP contribution in [-0.2, 0) is 11.3 Å². The lowest BCUT2D eigenvalue weighted by Gasteiger charge is -2.09. The summed E-state index contributed by atoms with van der Waals surface area (Å²) in [5, 5.41) is 3.10. The Bertz CT molecular complexity index is 570. The van der Waals surface area contributed by atoms with E-state index in [-0.39, 0.29) is 0 Å². The monoisotopic (exact) mass is 369 g/mol. The molecular weight excluding hydrogens is 353 g/mol. The molecule has 0 atom stereocenters. The third-order valence-electron chi connectivity index (χ3n) is 2.78. The summed E-state index contributed by atoms with van der Waals surface area (Å²) in [6, 6.07) is 8.12. The van der Waals surface area contributed by atoms with Gasteiger partial charge in [0.25, 0.3) is 0 Å². The Hall–Kier alpha value is -1.21. The van der Waals surface area contributed by atoms with Gasteiger partial charge in [-0.1, -0.05) is 24.3 Å². The SMILES string of the molecule is CNc1nc(-c2ccc(COC)cc2)nc(C)c1I. The lowest BCUT2D eigenvalue weighted by atomic mass is 10.1. The molecule has 0 unspecified atom stereocenters. The van der Waals surface area contributed by atoms with Crippen LogP contribution < -0.4 is 5.32 Å². The Morgan fingerprint density at radius 2 is 1.89 bits per heavy atom. The Morgan fingerprint density at radius 3 is 2.47 bits per heavy atom. The van der Waals surface area contributed by atoms with E-state index in [1.54, 1.807) is 7.11 Å². The predicted molar refractivity (Wildman–Crippen MR) is 85.2 cm³/mol. The molecular formula is C14H16IN3O. The van der Waals surface area contributed by atoms with E-state index in [1.165, 1.54) is 0 Å². The summed E-state index contributed by atoms with van der Waals surface area (Å²) < 4.78 is 6.16. The van der Waals surface area contributed by atoms with E-state index in [1.807, 2.05) is 38.2 Å². The lowest BCUT2D eigenvalue weighted by Crippen LogP contribution is -2.02. The third-order valence-corrected chi connectivity index (χ3v) is 4.07. The highest BCUT2D eigenvalue weighted by molar-refractivity contribution is 14.1. The minimum atomic E-state index is 0.620. The van der Waals surface area contributed by atoms with Gasteiger partial charge < -0.3 is 10.1 Å². The van der Waals surface area contributed by atoms with Crippen molar-refractivity contribution in [1.82, 2.24) is 9.97 Å². The number of halogens is 1. The number of ether oxygens (including phenoxy) is 1. The largest absolute Gasteiger partial charge is 0.380 e. The number of nitrogens with zero attached hydrogens (tertiary/aromatic N) is 2. The van der Waals surface area contributed by atoms with Gasteiger partial charge in [-0.05, 0) is 35.1 Å². The van der Waals surface area contributed by atoms with Crippen LogP contribution in [0, 0.1) is 10.5 Å². The molecule has 0 aliphatic carbocycles. The zero-order valence-electron chi connectivity index (χ0n) is 11.2. The van der Waals surface area contributed by atoms with E-state index in [9.17, 15) is 0 Å². The van der Waals surface area contributed by atoms with Crippen molar-refractivity contribution in [2.75, 3.05) is 19.5 Å². The molecule has 0 amide bonds. The van der Waals surface area contributed by atoms with Gasteiger partial charge in [0.15, 0.2) is 5.82 Å². The Balaban J connectivity index is 2.38. The van der Waals surface area contributed by atoms with Gasteiger partial charge in [-0.25, -0.2) is 9.97 Å². The van der Waals surface area contributed by atoms with E-state index >= 15 is 0 Å². The minimum absolute atomic E-state index is 0.620. The molecule has 0 saturated carbocycles. The van der Waals surface area contributed by atoms with E-state index in [2.05, 4.69) is 37.9 Å². The van der Waals surface area contributed by atoms with Crippen LogP contribution in [0.1, 0.15) is 11.3 Å². The number of nitrogens with one attached hydrogen (secondary N) is 1. The molecule has 1 aromatic carbocycles. The van der Waals surface area contributed by atoms with Crippen LogP contribution in [0.3, 0.4) is 0 Å². The highest BCUT2D eigenvalue weighted by Gasteiger charge is 2.09. The van der Waals surface area contributed by atoms with Crippen LogP contribution >= 0.6 is 22.6 Å². The molecule has 0 saturated heterocycles. The molecule has 2 rings (SSSR count). The van der Waals surface area contributed by atoms with Crippen molar-refractivity contribution >= 4 is 28.4 Å². The van der Waals surface area contributed by atoms with Crippen molar-refractivity contribution in [2.24, 2.45) is 0 Å². The van der Waals surface area contributed by atoms with Gasteiger partial charge in [0.1, 0.15) is 5.82 Å². The van der Waals surface area contributed by atoms with Crippen LogP contribution in [0.25, 0.3) is 11.4 Å². The second-order valence-corrected chi connectivity index (χ2v) is 5.25. The Kier molecular flexibility index (Phi) is 4.71. The van der Waals surface area contributed by atoms with Crippen molar-refractivity contribution < 1.29 is 4.74 Å². The van der Waals surface area contributed by atoms with Gasteiger partial charge >= 0.3 is 0 Å². The maximum Gasteiger partial charge on any atom is 0.161 e. The van der Waals surface area contributed by atoms with Crippen LogP contribution in [0.4, 0.5) is 5.82 Å². The second kappa shape index (κ2) is 6.29. The first-order chi connectivity index (χ1) is 9.15. The predicted octanol–water partition coefficient (Wildman–Crippen LogP) is 3.24. The summed E-state index contributed by atoms with van der Waals surface area (Å²) in [6.45, 7) is 2.61. The van der Waals surface area contributed by atoms with E-state index in [0.29, 0.717) is 6.61 Å². The van der Waals surface area contributed by atoms with Crippen LogP contribution in [-0.4, -0.2) is 24.1 Å². The molecule has 19 heavy (non-hydrogen) atoms. The molecule has 4 nitrogen and oxygen atoms in total. The number of methoxy groups -OCH3 is 1. The van der Waals surface area contributed by atoms with Crippen molar-refractivity contribution in [3.63, 3.8) is 0 Å². The van der Waals surface area contributed by atoms with Crippen LogP contribution in [0.15, 0.2) is 24.3 Å². The molecule has 0 aliphatic heterocycles. The number of anilines is 1. The molecule has 0 bridgehead atoms. The first kappa shape index (κ1) is 14.2. The van der Waals surface area contributed by atoms with E-state index in [4.69, 9.17) is 4.74 Å². The van der Waals surface area contributed by atoms with Crippen molar-refractivity contribution in [2.45, 2.75) is 13.5 Å². The molecule has 1 aromatic heterocycles. The first-order valence-electron chi connectivity index (χ1n) is 5.96. The van der Waals surface area contributed by atoms with E-state index in [0.717, 1.165) is 32.0 Å². The fourth-order valence-corrected chi connectivity index (χ4v) is 2.28. The van der Waals surface area contributed by atoms with Gasteiger partial charge in [0.2, 0.25) is 0 Å². The average molecular weight is 369 g/mol. The number of rotatable bonds is 4. The molecule has 0 fully saturated rings. The zero-order chi connectivity index (χ0) is 13.8. The number of hydrogen-bond acceptors (Lipinski definition) is 4. The molecule has 5 heteroatoms. The van der Waals surface area contributed by atoms with Gasteiger partial charge in [0, 0.05) is 19.7 Å². The highest BCUT2D eigenvalue weighted by atomic mass is 127. The number of aryl methyl sites for hydroxylation is 1. The van der Waals surface area contributed by atoms with Gasteiger partial charge in [0.05, 0.1) is 15.9 Å². The number of hydrogen-bond donors (Lipinski definition) is 1. The van der Waals surface area contributed by atoms with Crippen molar-refractivity contribution in [3.05, 3.63) is 39.1 Å². The molecule has 2 aromatic rings. The van der Waals surface area contributed by atoms with E-state index < -0.39 is 0 Å². The quantitative estimate of drug-likeness (QED) is 0.841. The standard InChI is InChI=1S/C14H16IN3O/c1-9-12(15)14(16-2)18-13(17-9)11-6-4-10(5-7-11)8-19-3/h4-7H,8H2,1-3H3,(H,16,17,18). The average Bonchev–Trinajstić information content (AvgIpc) is 2.43. The summed E-state index contributed by atoms with van der Waals surface area (Å²) in [7, 11) is 3.56. The summed E-state index contributed by atoms with van der Waals surface area (Å²) in [6.07, 6.45) is 0. The number of aromatic nitrogens is 2. The summed E-state index contributed by atoms with van der Waals surface area (Å²) in [5.41, 5.74) is 3.13. The van der Waals surface area contributed by atoms with Crippen LogP contribution in [0.5, 0.6) is 0 Å². The lowest BCUT2D eigenvalue weighted by molar-refractivity contribution is 0.185. The maximum atomic E-state index is 5.10. The van der Waals surface area contributed by atoms with Gasteiger partial charge in [-0.3, -0.25) is 0 Å². The maximum absolute atomic E-state index is 5.10. The second-order valence-electron chi connectivity index (χ2n) is 4.18. The topological polar surface area (TPSA) is 47.0 Å². The molecule has 0 radical (unpaired) electrons. The molecule has 0 aliphatic rings. The summed E-state index contributed by atoms with van der Waals surface area (Å²) in [4.78, 5) is 9.07. The summed E-state index contributed by atoms with van der Waals surface area (Å²) >= 11 is 2.25. The van der Waals surface area contributed by atoms with Crippen molar-refractivity contribution in [3.8, 4) is 11.4 Å². The normalized spacial score (nSPS) is 10.5. The Labute approximate surface area is 126 Å². The third kappa shape index (κ3) is 3.22. The smallest absolute Gasteiger partial charge is 0.161 e. The summed E-state index contributed by atoms with van der Waals surface area (Å²) in [5.74, 6) is 1.61. The minimum Gasteiger partial charge on any atom is -0.380 e. The van der Waals surface area contributed by atoms with Gasteiger partial charge in [-0.2, -0.15) is 0 Å². The molecule has 1 heterocycles. The molecule has 1 N–H and O–H groups in total. The van der Waals surface area contributed by atoms with Crippen LogP contribution in [0.2, 0.25) is 0 Å². The van der Waals surface area contributed by atoms with Gasteiger partial charge in [-0.15, -0.1) is 0 Å². The Morgan fingerprint density at radius 1 is 1.21 bits per heavy atom. The number of benzene rings is 1. The molecule has 100 valence electrons. The van der Waals surface area contributed by atoms with Crippen molar-refractivity contribution in [1.29, 1.82) is 0 Å². The molecule has 0 spiro atoms.